The van der Waals surface area contributed by atoms with E-state index in [1.807, 2.05) is 36.4 Å². The summed E-state index contributed by atoms with van der Waals surface area (Å²) < 4.78 is 6.39. The number of pyridine rings is 1. The van der Waals surface area contributed by atoms with Crippen molar-refractivity contribution < 1.29 is 4.42 Å². The van der Waals surface area contributed by atoms with E-state index in [-0.39, 0.29) is 0 Å². The Bertz CT molecular complexity index is 615. The van der Waals surface area contributed by atoms with Gasteiger partial charge in [0.05, 0.1) is 0 Å². The standard InChI is InChI=1S/C11H6BrNO/c12-10-6-5-8-7-3-1-2-4-9(7)14-11(8)13-10/h1-6H. The summed E-state index contributed by atoms with van der Waals surface area (Å²) >= 11 is 3.32. The van der Waals surface area contributed by atoms with Gasteiger partial charge in [-0.1, -0.05) is 18.2 Å². The van der Waals surface area contributed by atoms with Crippen LogP contribution in [0.2, 0.25) is 0 Å². The minimum atomic E-state index is 0.681. The summed E-state index contributed by atoms with van der Waals surface area (Å²) in [5, 5.41) is 2.17. The second-order valence-electron chi connectivity index (χ2n) is 3.08. The van der Waals surface area contributed by atoms with Crippen molar-refractivity contribution in [1.29, 1.82) is 0 Å². The highest BCUT2D eigenvalue weighted by Gasteiger charge is 2.06. The van der Waals surface area contributed by atoms with Crippen molar-refractivity contribution >= 4 is 38.0 Å². The lowest BCUT2D eigenvalue weighted by Crippen LogP contribution is -1.73. The fourth-order valence-corrected chi connectivity index (χ4v) is 1.88. The number of para-hydroxylation sites is 1. The van der Waals surface area contributed by atoms with Gasteiger partial charge in [0.15, 0.2) is 0 Å². The summed E-state index contributed by atoms with van der Waals surface area (Å²) in [6.45, 7) is 0. The van der Waals surface area contributed by atoms with Gasteiger partial charge in [-0.05, 0) is 34.1 Å². The Hall–Kier alpha value is -1.35. The average molecular weight is 248 g/mol. The van der Waals surface area contributed by atoms with Crippen LogP contribution in [0.3, 0.4) is 0 Å². The van der Waals surface area contributed by atoms with Crippen molar-refractivity contribution in [2.24, 2.45) is 0 Å². The van der Waals surface area contributed by atoms with Gasteiger partial charge in [0.1, 0.15) is 10.2 Å². The molecule has 0 unspecified atom stereocenters. The van der Waals surface area contributed by atoms with E-state index in [0.717, 1.165) is 21.0 Å². The molecule has 0 bridgehead atoms. The number of rotatable bonds is 0. The van der Waals surface area contributed by atoms with Crippen molar-refractivity contribution in [3.63, 3.8) is 0 Å². The molecule has 0 aliphatic heterocycles. The van der Waals surface area contributed by atoms with Crippen molar-refractivity contribution in [2.75, 3.05) is 0 Å². The summed E-state index contributed by atoms with van der Waals surface area (Å²) in [5.41, 5.74) is 1.56. The molecular formula is C11H6BrNO. The van der Waals surface area contributed by atoms with Gasteiger partial charge in [-0.15, -0.1) is 0 Å². The Labute approximate surface area is 88.7 Å². The molecular weight excluding hydrogens is 242 g/mol. The van der Waals surface area contributed by atoms with Crippen molar-refractivity contribution in [3.05, 3.63) is 41.0 Å². The molecule has 68 valence electrons. The third-order valence-electron chi connectivity index (χ3n) is 2.21. The number of halogens is 1. The van der Waals surface area contributed by atoms with Crippen LogP contribution in [-0.2, 0) is 0 Å². The van der Waals surface area contributed by atoms with Gasteiger partial charge in [-0.3, -0.25) is 0 Å². The molecule has 1 aromatic carbocycles. The quantitative estimate of drug-likeness (QED) is 0.566. The molecule has 0 amide bonds. The van der Waals surface area contributed by atoms with E-state index in [4.69, 9.17) is 4.42 Å². The largest absolute Gasteiger partial charge is 0.438 e. The maximum absolute atomic E-state index is 5.59. The van der Waals surface area contributed by atoms with Crippen LogP contribution in [0, 0.1) is 0 Å². The number of furan rings is 1. The Morgan fingerprint density at radius 3 is 2.79 bits per heavy atom. The van der Waals surface area contributed by atoms with Crippen molar-refractivity contribution in [1.82, 2.24) is 4.98 Å². The molecule has 3 heteroatoms. The highest BCUT2D eigenvalue weighted by molar-refractivity contribution is 9.10. The van der Waals surface area contributed by atoms with Crippen LogP contribution in [0.5, 0.6) is 0 Å². The van der Waals surface area contributed by atoms with Gasteiger partial charge in [0.2, 0.25) is 5.71 Å². The minimum Gasteiger partial charge on any atom is -0.438 e. The Morgan fingerprint density at radius 2 is 1.86 bits per heavy atom. The molecule has 14 heavy (non-hydrogen) atoms. The first-order chi connectivity index (χ1) is 6.84. The van der Waals surface area contributed by atoms with Crippen LogP contribution in [0.1, 0.15) is 0 Å². The molecule has 0 spiro atoms. The van der Waals surface area contributed by atoms with Gasteiger partial charge >= 0.3 is 0 Å². The van der Waals surface area contributed by atoms with Gasteiger partial charge < -0.3 is 4.42 Å². The first-order valence-electron chi connectivity index (χ1n) is 4.28. The van der Waals surface area contributed by atoms with Crippen LogP contribution in [0.15, 0.2) is 45.4 Å². The topological polar surface area (TPSA) is 26.0 Å². The van der Waals surface area contributed by atoms with Crippen molar-refractivity contribution in [2.45, 2.75) is 0 Å². The van der Waals surface area contributed by atoms with Crippen LogP contribution in [0.4, 0.5) is 0 Å². The summed E-state index contributed by atoms with van der Waals surface area (Å²) in [6.07, 6.45) is 0. The highest BCUT2D eigenvalue weighted by atomic mass is 79.9. The van der Waals surface area contributed by atoms with Crippen LogP contribution in [0.25, 0.3) is 22.1 Å². The zero-order valence-electron chi connectivity index (χ0n) is 7.20. The normalized spacial score (nSPS) is 11.2. The number of hydrogen-bond donors (Lipinski definition) is 0. The van der Waals surface area contributed by atoms with E-state index in [1.54, 1.807) is 0 Å². The fraction of sp³-hybridized carbons (Fsp3) is 0. The van der Waals surface area contributed by atoms with E-state index in [9.17, 15) is 0 Å². The Balaban J connectivity index is 2.57. The zero-order chi connectivity index (χ0) is 9.54. The first-order valence-corrected chi connectivity index (χ1v) is 5.08. The number of aromatic nitrogens is 1. The lowest BCUT2D eigenvalue weighted by atomic mass is 10.2. The van der Waals surface area contributed by atoms with E-state index in [2.05, 4.69) is 20.9 Å². The van der Waals surface area contributed by atoms with Crippen molar-refractivity contribution in [3.8, 4) is 0 Å². The molecule has 2 nitrogen and oxygen atoms in total. The lowest BCUT2D eigenvalue weighted by molar-refractivity contribution is 0.653. The molecule has 0 atom stereocenters. The SMILES string of the molecule is Brc1ccc2c(n1)oc1ccccc12. The molecule has 3 aromatic rings. The van der Waals surface area contributed by atoms with E-state index < -0.39 is 0 Å². The third-order valence-corrected chi connectivity index (χ3v) is 2.65. The molecule has 3 rings (SSSR count). The van der Waals surface area contributed by atoms with Crippen LogP contribution < -0.4 is 0 Å². The van der Waals surface area contributed by atoms with Crippen LogP contribution in [-0.4, -0.2) is 4.98 Å². The maximum atomic E-state index is 5.59. The third kappa shape index (κ3) is 1.06. The van der Waals surface area contributed by atoms with Gasteiger partial charge in [0.25, 0.3) is 0 Å². The van der Waals surface area contributed by atoms with E-state index in [1.165, 1.54) is 0 Å². The molecule has 0 saturated heterocycles. The Morgan fingerprint density at radius 1 is 1.00 bits per heavy atom. The number of fused-ring (bicyclic) bond motifs is 3. The van der Waals surface area contributed by atoms with Gasteiger partial charge in [-0.2, -0.15) is 0 Å². The molecule has 0 radical (unpaired) electrons. The molecule has 0 saturated carbocycles. The van der Waals surface area contributed by atoms with E-state index >= 15 is 0 Å². The highest BCUT2D eigenvalue weighted by Crippen LogP contribution is 2.27. The monoisotopic (exact) mass is 247 g/mol. The average Bonchev–Trinajstić information content (AvgIpc) is 2.54. The zero-order valence-corrected chi connectivity index (χ0v) is 8.78. The van der Waals surface area contributed by atoms with E-state index in [0.29, 0.717) is 5.71 Å². The number of benzene rings is 1. The second-order valence-corrected chi connectivity index (χ2v) is 3.90. The fourth-order valence-electron chi connectivity index (χ4n) is 1.58. The molecule has 2 aromatic heterocycles. The molecule has 0 aliphatic rings. The summed E-state index contributed by atoms with van der Waals surface area (Å²) in [7, 11) is 0. The summed E-state index contributed by atoms with van der Waals surface area (Å²) in [6, 6.07) is 11.9. The molecule has 0 N–H and O–H groups in total. The predicted octanol–water partition coefficient (Wildman–Crippen LogP) is 3.74. The Kier molecular flexibility index (Phi) is 1.61. The lowest BCUT2D eigenvalue weighted by Gasteiger charge is -1.88. The summed E-state index contributed by atoms with van der Waals surface area (Å²) in [5.74, 6) is 0. The number of nitrogens with zero attached hydrogens (tertiary/aromatic N) is 1. The smallest absolute Gasteiger partial charge is 0.228 e. The first kappa shape index (κ1) is 8.00. The van der Waals surface area contributed by atoms with Crippen LogP contribution >= 0.6 is 15.9 Å². The van der Waals surface area contributed by atoms with Gasteiger partial charge in [-0.25, -0.2) is 4.98 Å². The predicted molar refractivity (Wildman–Crippen MR) is 59.2 cm³/mol. The number of hydrogen-bond acceptors (Lipinski definition) is 2. The summed E-state index contributed by atoms with van der Waals surface area (Å²) in [4.78, 5) is 4.26. The minimum absolute atomic E-state index is 0.681. The van der Waals surface area contributed by atoms with Gasteiger partial charge in [0, 0.05) is 10.8 Å². The molecule has 2 heterocycles. The molecule has 0 aliphatic carbocycles. The second kappa shape index (κ2) is 2.82. The molecule has 0 fully saturated rings. The maximum Gasteiger partial charge on any atom is 0.228 e.